The van der Waals surface area contributed by atoms with Crippen LogP contribution in [-0.4, -0.2) is 36.8 Å². The SMILES string of the molecule is CC(C)(CCCO)CNCC1CCC(=O)N1. The minimum Gasteiger partial charge on any atom is -0.396 e. The number of nitrogens with one attached hydrogen (secondary N) is 2. The van der Waals surface area contributed by atoms with Crippen molar-refractivity contribution in [3.8, 4) is 0 Å². The summed E-state index contributed by atoms with van der Waals surface area (Å²) in [5, 5.41) is 15.1. The Bertz CT molecular complexity index is 229. The van der Waals surface area contributed by atoms with E-state index in [-0.39, 0.29) is 17.9 Å². The lowest BCUT2D eigenvalue weighted by Gasteiger charge is -2.25. The van der Waals surface area contributed by atoms with Crippen LogP contribution in [0, 0.1) is 5.41 Å². The minimum absolute atomic E-state index is 0.173. The molecule has 1 aliphatic heterocycles. The van der Waals surface area contributed by atoms with Gasteiger partial charge in [-0.3, -0.25) is 4.79 Å². The summed E-state index contributed by atoms with van der Waals surface area (Å²) in [6, 6.07) is 0.307. The fourth-order valence-electron chi connectivity index (χ4n) is 2.06. The number of hydrogen-bond donors (Lipinski definition) is 3. The highest BCUT2D eigenvalue weighted by Crippen LogP contribution is 2.20. The first-order valence-corrected chi connectivity index (χ1v) is 6.14. The van der Waals surface area contributed by atoms with Gasteiger partial charge in [-0.15, -0.1) is 0 Å². The molecule has 0 bridgehead atoms. The normalized spacial score (nSPS) is 21.2. The van der Waals surface area contributed by atoms with E-state index in [2.05, 4.69) is 24.5 Å². The van der Waals surface area contributed by atoms with Gasteiger partial charge in [0, 0.05) is 32.2 Å². The van der Waals surface area contributed by atoms with Gasteiger partial charge in [0.1, 0.15) is 0 Å². The number of carbonyl (C=O) groups is 1. The molecule has 1 atom stereocenters. The molecule has 1 amide bonds. The first-order valence-electron chi connectivity index (χ1n) is 6.14. The zero-order chi connectivity index (χ0) is 12.0. The van der Waals surface area contributed by atoms with Crippen molar-refractivity contribution < 1.29 is 9.90 Å². The van der Waals surface area contributed by atoms with Gasteiger partial charge >= 0.3 is 0 Å². The highest BCUT2D eigenvalue weighted by Gasteiger charge is 2.22. The fourth-order valence-corrected chi connectivity index (χ4v) is 2.06. The maximum atomic E-state index is 11.0. The molecule has 1 unspecified atom stereocenters. The number of hydrogen-bond acceptors (Lipinski definition) is 3. The average molecular weight is 228 g/mol. The smallest absolute Gasteiger partial charge is 0.220 e. The topological polar surface area (TPSA) is 61.4 Å². The van der Waals surface area contributed by atoms with E-state index in [4.69, 9.17) is 5.11 Å². The third kappa shape index (κ3) is 4.94. The van der Waals surface area contributed by atoms with Crippen molar-refractivity contribution in [3.05, 3.63) is 0 Å². The summed E-state index contributed by atoms with van der Waals surface area (Å²) in [5.74, 6) is 0.173. The molecular formula is C12H24N2O2. The molecular weight excluding hydrogens is 204 g/mol. The highest BCUT2D eigenvalue weighted by atomic mass is 16.2. The lowest BCUT2D eigenvalue weighted by atomic mass is 9.88. The van der Waals surface area contributed by atoms with Crippen LogP contribution in [0.4, 0.5) is 0 Å². The van der Waals surface area contributed by atoms with Crippen LogP contribution in [0.3, 0.4) is 0 Å². The summed E-state index contributed by atoms with van der Waals surface area (Å²) in [5.41, 5.74) is 0.214. The second-order valence-electron chi connectivity index (χ2n) is 5.43. The Kier molecular flexibility index (Phi) is 5.22. The van der Waals surface area contributed by atoms with E-state index in [0.29, 0.717) is 12.5 Å². The van der Waals surface area contributed by atoms with Crippen molar-refractivity contribution in [1.82, 2.24) is 10.6 Å². The fraction of sp³-hybridized carbons (Fsp3) is 0.917. The quantitative estimate of drug-likeness (QED) is 0.599. The van der Waals surface area contributed by atoms with Crippen molar-refractivity contribution >= 4 is 5.91 Å². The summed E-state index contributed by atoms with van der Waals surface area (Å²) in [4.78, 5) is 11.0. The van der Waals surface area contributed by atoms with Crippen LogP contribution < -0.4 is 10.6 Å². The number of carbonyl (C=O) groups excluding carboxylic acids is 1. The van der Waals surface area contributed by atoms with Crippen LogP contribution in [0.1, 0.15) is 39.5 Å². The summed E-state index contributed by atoms with van der Waals surface area (Å²) in [7, 11) is 0. The van der Waals surface area contributed by atoms with Crippen molar-refractivity contribution in [2.24, 2.45) is 5.41 Å². The lowest BCUT2D eigenvalue weighted by molar-refractivity contribution is -0.119. The second kappa shape index (κ2) is 6.21. The van der Waals surface area contributed by atoms with E-state index in [9.17, 15) is 4.79 Å². The number of aliphatic hydroxyl groups excluding tert-OH is 1. The van der Waals surface area contributed by atoms with Crippen molar-refractivity contribution in [2.75, 3.05) is 19.7 Å². The van der Waals surface area contributed by atoms with Crippen LogP contribution in [0.25, 0.3) is 0 Å². The van der Waals surface area contributed by atoms with Crippen LogP contribution in [-0.2, 0) is 4.79 Å². The maximum Gasteiger partial charge on any atom is 0.220 e. The predicted octanol–water partition coefficient (Wildman–Crippen LogP) is 0.653. The van der Waals surface area contributed by atoms with Gasteiger partial charge in [-0.2, -0.15) is 0 Å². The van der Waals surface area contributed by atoms with E-state index in [0.717, 1.165) is 32.4 Å². The number of amides is 1. The Morgan fingerprint density at radius 1 is 1.56 bits per heavy atom. The molecule has 0 saturated carbocycles. The lowest BCUT2D eigenvalue weighted by Crippen LogP contribution is -2.39. The number of rotatable bonds is 7. The van der Waals surface area contributed by atoms with Gasteiger partial charge in [0.15, 0.2) is 0 Å². The molecule has 0 aromatic carbocycles. The largest absolute Gasteiger partial charge is 0.396 e. The summed E-state index contributed by atoms with van der Waals surface area (Å²) >= 11 is 0. The van der Waals surface area contributed by atoms with E-state index in [1.165, 1.54) is 0 Å². The second-order valence-corrected chi connectivity index (χ2v) is 5.43. The molecule has 1 heterocycles. The molecule has 16 heavy (non-hydrogen) atoms. The molecule has 0 aromatic heterocycles. The van der Waals surface area contributed by atoms with Gasteiger partial charge in [0.05, 0.1) is 0 Å². The van der Waals surface area contributed by atoms with Gasteiger partial charge in [0.2, 0.25) is 5.91 Å². The minimum atomic E-state index is 0.173. The molecule has 4 heteroatoms. The molecule has 0 aromatic rings. The summed E-state index contributed by atoms with van der Waals surface area (Å²) in [6.07, 6.45) is 3.49. The number of aliphatic hydroxyl groups is 1. The Morgan fingerprint density at radius 3 is 2.88 bits per heavy atom. The van der Waals surface area contributed by atoms with Crippen LogP contribution in [0.15, 0.2) is 0 Å². The van der Waals surface area contributed by atoms with Crippen molar-refractivity contribution in [2.45, 2.75) is 45.6 Å². The van der Waals surface area contributed by atoms with Crippen LogP contribution in [0.2, 0.25) is 0 Å². The molecule has 4 nitrogen and oxygen atoms in total. The monoisotopic (exact) mass is 228 g/mol. The van der Waals surface area contributed by atoms with Gasteiger partial charge in [0.25, 0.3) is 0 Å². The van der Waals surface area contributed by atoms with Crippen molar-refractivity contribution in [1.29, 1.82) is 0 Å². The van der Waals surface area contributed by atoms with E-state index in [1.54, 1.807) is 0 Å². The van der Waals surface area contributed by atoms with Crippen molar-refractivity contribution in [3.63, 3.8) is 0 Å². The molecule has 0 radical (unpaired) electrons. The Hall–Kier alpha value is -0.610. The van der Waals surface area contributed by atoms with E-state index < -0.39 is 0 Å². The Labute approximate surface area is 97.8 Å². The zero-order valence-corrected chi connectivity index (χ0v) is 10.4. The molecule has 1 aliphatic rings. The highest BCUT2D eigenvalue weighted by molar-refractivity contribution is 5.78. The molecule has 1 fully saturated rings. The van der Waals surface area contributed by atoms with E-state index in [1.807, 2.05) is 0 Å². The third-order valence-corrected chi connectivity index (χ3v) is 3.09. The third-order valence-electron chi connectivity index (χ3n) is 3.09. The summed E-state index contributed by atoms with van der Waals surface area (Å²) in [6.45, 7) is 6.45. The first-order chi connectivity index (χ1) is 7.53. The predicted molar refractivity (Wildman–Crippen MR) is 64.1 cm³/mol. The molecule has 0 spiro atoms. The van der Waals surface area contributed by atoms with Gasteiger partial charge in [-0.05, 0) is 24.7 Å². The molecule has 94 valence electrons. The molecule has 1 rings (SSSR count). The van der Waals surface area contributed by atoms with Crippen LogP contribution >= 0.6 is 0 Å². The summed E-state index contributed by atoms with van der Waals surface area (Å²) < 4.78 is 0. The van der Waals surface area contributed by atoms with Gasteiger partial charge in [-0.25, -0.2) is 0 Å². The maximum absolute atomic E-state index is 11.0. The average Bonchev–Trinajstić information content (AvgIpc) is 2.61. The van der Waals surface area contributed by atoms with Crippen LogP contribution in [0.5, 0.6) is 0 Å². The Morgan fingerprint density at radius 2 is 2.31 bits per heavy atom. The first kappa shape index (κ1) is 13.5. The standard InChI is InChI=1S/C12H24N2O2/c1-12(2,6-3-7-15)9-13-8-10-4-5-11(16)14-10/h10,13,15H,3-9H2,1-2H3,(H,14,16). The van der Waals surface area contributed by atoms with E-state index >= 15 is 0 Å². The van der Waals surface area contributed by atoms with Gasteiger partial charge < -0.3 is 15.7 Å². The molecule has 3 N–H and O–H groups in total. The molecule has 0 aliphatic carbocycles. The van der Waals surface area contributed by atoms with Gasteiger partial charge in [-0.1, -0.05) is 13.8 Å². The zero-order valence-electron chi connectivity index (χ0n) is 10.4. The Balaban J connectivity index is 2.11. The molecule has 1 saturated heterocycles.